The molecule has 1 N–H and O–H groups in total. The number of rotatable bonds is 4. The van der Waals surface area contributed by atoms with E-state index in [4.69, 9.17) is 9.47 Å². The Morgan fingerprint density at radius 2 is 1.81 bits per heavy atom. The number of ether oxygens (including phenoxy) is 2. The van der Waals surface area contributed by atoms with Crippen molar-refractivity contribution in [1.29, 1.82) is 0 Å². The van der Waals surface area contributed by atoms with E-state index in [0.717, 1.165) is 45.3 Å². The monoisotopic (exact) mass is 295 g/mol. The Balaban J connectivity index is 1.41. The molecule has 0 aromatic rings. The van der Waals surface area contributed by atoms with Crippen LogP contribution in [0.2, 0.25) is 0 Å². The Morgan fingerprint density at radius 3 is 2.43 bits per heavy atom. The van der Waals surface area contributed by atoms with Gasteiger partial charge >= 0.3 is 0 Å². The summed E-state index contributed by atoms with van der Waals surface area (Å²) in [6.45, 7) is 2.57. The standard InChI is InChI=1S/C16H25NO4/c18-15-9-21-8-14(15)17(11-1-2-11)16(19)13-7-12(13)10-3-5-20-6-4-10/h10-15,18H,1-9H2/t12-,13+,14+,15+/m0/s1. The number of aliphatic hydroxyl groups excluding tert-OH is 1. The fraction of sp³-hybridized carbons (Fsp3) is 0.938. The van der Waals surface area contributed by atoms with Gasteiger partial charge in [-0.1, -0.05) is 0 Å². The maximum absolute atomic E-state index is 12.9. The van der Waals surface area contributed by atoms with Crippen LogP contribution in [0.3, 0.4) is 0 Å². The van der Waals surface area contributed by atoms with Crippen LogP contribution in [0.15, 0.2) is 0 Å². The van der Waals surface area contributed by atoms with Gasteiger partial charge in [0.2, 0.25) is 5.91 Å². The molecule has 2 aliphatic carbocycles. The second kappa shape index (κ2) is 5.52. The molecule has 4 rings (SSSR count). The van der Waals surface area contributed by atoms with Crippen molar-refractivity contribution in [3.63, 3.8) is 0 Å². The summed E-state index contributed by atoms with van der Waals surface area (Å²) in [6.07, 6.45) is 4.92. The minimum absolute atomic E-state index is 0.110. The largest absolute Gasteiger partial charge is 0.388 e. The molecule has 5 nitrogen and oxygen atoms in total. The third-order valence-corrected chi connectivity index (χ3v) is 5.60. The molecule has 0 aromatic carbocycles. The molecule has 1 amide bonds. The molecule has 4 atom stereocenters. The first-order chi connectivity index (χ1) is 10.3. The number of hydrogen-bond acceptors (Lipinski definition) is 4. The molecule has 118 valence electrons. The van der Waals surface area contributed by atoms with Crippen LogP contribution in [-0.4, -0.2) is 60.5 Å². The highest BCUT2D eigenvalue weighted by Crippen LogP contribution is 2.50. The highest BCUT2D eigenvalue weighted by molar-refractivity contribution is 5.82. The lowest BCUT2D eigenvalue weighted by atomic mass is 9.93. The Labute approximate surface area is 125 Å². The van der Waals surface area contributed by atoms with Crippen molar-refractivity contribution >= 4 is 5.91 Å². The van der Waals surface area contributed by atoms with E-state index >= 15 is 0 Å². The molecule has 2 saturated heterocycles. The second-order valence-electron chi connectivity index (χ2n) is 7.10. The topological polar surface area (TPSA) is 59.0 Å². The highest BCUT2D eigenvalue weighted by Gasteiger charge is 2.53. The minimum atomic E-state index is -0.505. The van der Waals surface area contributed by atoms with Gasteiger partial charge in [-0.15, -0.1) is 0 Å². The van der Waals surface area contributed by atoms with E-state index in [1.165, 1.54) is 0 Å². The van der Waals surface area contributed by atoms with Gasteiger partial charge < -0.3 is 19.5 Å². The lowest BCUT2D eigenvalue weighted by Crippen LogP contribution is -2.48. The molecule has 0 unspecified atom stereocenters. The van der Waals surface area contributed by atoms with Crippen LogP contribution in [0.1, 0.15) is 32.1 Å². The summed E-state index contributed by atoms with van der Waals surface area (Å²) in [5, 5.41) is 10.1. The molecule has 0 bridgehead atoms. The summed E-state index contributed by atoms with van der Waals surface area (Å²) in [5.41, 5.74) is 0. The number of amides is 1. The fourth-order valence-corrected chi connectivity index (χ4v) is 4.12. The van der Waals surface area contributed by atoms with Gasteiger partial charge in [0.25, 0.3) is 0 Å². The van der Waals surface area contributed by atoms with Crippen LogP contribution in [0, 0.1) is 17.8 Å². The van der Waals surface area contributed by atoms with Gasteiger partial charge in [0.15, 0.2) is 0 Å². The van der Waals surface area contributed by atoms with Crippen LogP contribution in [0.4, 0.5) is 0 Å². The summed E-state index contributed by atoms with van der Waals surface area (Å²) in [6, 6.07) is 0.246. The summed E-state index contributed by atoms with van der Waals surface area (Å²) in [5.74, 6) is 1.70. The molecule has 0 radical (unpaired) electrons. The molecule has 5 heteroatoms. The SMILES string of the molecule is O=C([C@@H]1C[C@H]1C1CCOCC1)N(C1CC1)[C@@H]1COC[C@H]1O. The van der Waals surface area contributed by atoms with Gasteiger partial charge in [0.1, 0.15) is 0 Å². The molecule has 4 aliphatic rings. The molecular weight excluding hydrogens is 270 g/mol. The van der Waals surface area contributed by atoms with Crippen molar-refractivity contribution in [2.75, 3.05) is 26.4 Å². The van der Waals surface area contributed by atoms with Gasteiger partial charge in [-0.3, -0.25) is 4.79 Å². The maximum atomic E-state index is 12.9. The number of carbonyl (C=O) groups excluding carboxylic acids is 1. The summed E-state index contributed by atoms with van der Waals surface area (Å²) >= 11 is 0. The minimum Gasteiger partial charge on any atom is -0.388 e. The quantitative estimate of drug-likeness (QED) is 0.833. The Hall–Kier alpha value is -0.650. The zero-order valence-electron chi connectivity index (χ0n) is 12.4. The van der Waals surface area contributed by atoms with E-state index in [0.29, 0.717) is 31.1 Å². The first kappa shape index (κ1) is 14.0. The van der Waals surface area contributed by atoms with Crippen molar-refractivity contribution in [2.45, 2.75) is 50.3 Å². The first-order valence-electron chi connectivity index (χ1n) is 8.41. The van der Waals surface area contributed by atoms with E-state index in [-0.39, 0.29) is 17.9 Å². The Bertz CT molecular complexity index is 405. The molecule has 0 aromatic heterocycles. The Morgan fingerprint density at radius 1 is 1.05 bits per heavy atom. The van der Waals surface area contributed by atoms with E-state index in [1.807, 2.05) is 4.90 Å². The average molecular weight is 295 g/mol. The van der Waals surface area contributed by atoms with Crippen LogP contribution < -0.4 is 0 Å². The molecule has 4 fully saturated rings. The summed E-state index contributed by atoms with van der Waals surface area (Å²) in [4.78, 5) is 14.9. The predicted octanol–water partition coefficient (Wildman–Crippen LogP) is 0.800. The van der Waals surface area contributed by atoms with Gasteiger partial charge in [0.05, 0.1) is 25.4 Å². The van der Waals surface area contributed by atoms with Crippen molar-refractivity contribution in [3.05, 3.63) is 0 Å². The van der Waals surface area contributed by atoms with Gasteiger partial charge in [-0.05, 0) is 43.9 Å². The van der Waals surface area contributed by atoms with Crippen molar-refractivity contribution in [2.24, 2.45) is 17.8 Å². The van der Waals surface area contributed by atoms with Gasteiger partial charge in [-0.25, -0.2) is 0 Å². The fourth-order valence-electron chi connectivity index (χ4n) is 4.12. The number of aliphatic hydroxyl groups is 1. The maximum Gasteiger partial charge on any atom is 0.226 e. The zero-order valence-corrected chi connectivity index (χ0v) is 12.4. The van der Waals surface area contributed by atoms with Gasteiger partial charge in [0, 0.05) is 25.2 Å². The number of carbonyl (C=O) groups is 1. The predicted molar refractivity (Wildman–Crippen MR) is 75.6 cm³/mol. The first-order valence-corrected chi connectivity index (χ1v) is 8.41. The van der Waals surface area contributed by atoms with Crippen molar-refractivity contribution < 1.29 is 19.4 Å². The highest BCUT2D eigenvalue weighted by atomic mass is 16.5. The van der Waals surface area contributed by atoms with E-state index < -0.39 is 6.10 Å². The molecule has 21 heavy (non-hydrogen) atoms. The lowest BCUT2D eigenvalue weighted by molar-refractivity contribution is -0.138. The summed E-state index contributed by atoms with van der Waals surface area (Å²) < 4.78 is 10.8. The summed E-state index contributed by atoms with van der Waals surface area (Å²) in [7, 11) is 0. The van der Waals surface area contributed by atoms with E-state index in [1.54, 1.807) is 0 Å². The lowest BCUT2D eigenvalue weighted by Gasteiger charge is -2.31. The van der Waals surface area contributed by atoms with Crippen LogP contribution in [0.5, 0.6) is 0 Å². The second-order valence-corrected chi connectivity index (χ2v) is 7.10. The number of nitrogens with zero attached hydrogens (tertiary/aromatic N) is 1. The molecule has 2 aliphatic heterocycles. The van der Waals surface area contributed by atoms with Crippen molar-refractivity contribution in [1.82, 2.24) is 4.90 Å². The third-order valence-electron chi connectivity index (χ3n) is 5.60. The molecule has 2 heterocycles. The third kappa shape index (κ3) is 2.71. The Kier molecular flexibility index (Phi) is 3.67. The van der Waals surface area contributed by atoms with E-state index in [2.05, 4.69) is 0 Å². The smallest absolute Gasteiger partial charge is 0.226 e. The van der Waals surface area contributed by atoms with Gasteiger partial charge in [-0.2, -0.15) is 0 Å². The van der Waals surface area contributed by atoms with Crippen LogP contribution in [-0.2, 0) is 14.3 Å². The zero-order chi connectivity index (χ0) is 14.4. The molecule has 2 saturated carbocycles. The normalized spacial score (nSPS) is 40.2. The molecular formula is C16H25NO4. The average Bonchev–Trinajstić information content (AvgIpc) is 3.41. The van der Waals surface area contributed by atoms with Crippen LogP contribution in [0.25, 0.3) is 0 Å². The number of hydrogen-bond donors (Lipinski definition) is 1. The molecule has 0 spiro atoms. The van der Waals surface area contributed by atoms with Crippen LogP contribution >= 0.6 is 0 Å². The van der Waals surface area contributed by atoms with E-state index in [9.17, 15) is 9.90 Å². The van der Waals surface area contributed by atoms with Crippen molar-refractivity contribution in [3.8, 4) is 0 Å².